The molecule has 0 amide bonds. The molecule has 2 aromatic rings. The molecule has 0 bridgehead atoms. The maximum atomic E-state index is 12.7. The van der Waals surface area contributed by atoms with Crippen molar-refractivity contribution in [2.45, 2.75) is 44.0 Å². The van der Waals surface area contributed by atoms with E-state index in [9.17, 15) is 8.42 Å². The van der Waals surface area contributed by atoms with E-state index in [1.807, 2.05) is 20.8 Å². The number of hydrogen-bond donors (Lipinski definition) is 2. The standard InChI is InChI=1S/C14H23N5O2S.ClH/c1-5-14(6-2,9-15)18-22(20,21)11-7-12-10(3)17-19(4)13(12)16-8-11;/h7-8,18H,5-6,9,15H2,1-4H3;1H. The quantitative estimate of drug-likeness (QED) is 0.811. The van der Waals surface area contributed by atoms with Crippen LogP contribution < -0.4 is 10.5 Å². The van der Waals surface area contributed by atoms with Gasteiger partial charge in [0.1, 0.15) is 4.90 Å². The molecule has 3 N–H and O–H groups in total. The lowest BCUT2D eigenvalue weighted by molar-refractivity contribution is 0.363. The zero-order chi connectivity index (χ0) is 16.5. The van der Waals surface area contributed by atoms with E-state index in [1.54, 1.807) is 17.8 Å². The zero-order valence-electron chi connectivity index (χ0n) is 13.8. The highest BCUT2D eigenvalue weighted by atomic mass is 35.5. The Kier molecular flexibility index (Phi) is 6.14. The van der Waals surface area contributed by atoms with Crippen molar-refractivity contribution in [3.63, 3.8) is 0 Å². The minimum absolute atomic E-state index is 0. The number of halogens is 1. The molecule has 0 aromatic carbocycles. The lowest BCUT2D eigenvalue weighted by Gasteiger charge is -2.30. The fraction of sp³-hybridized carbons (Fsp3) is 0.571. The Morgan fingerprint density at radius 1 is 1.35 bits per heavy atom. The molecule has 0 atom stereocenters. The molecule has 0 radical (unpaired) electrons. The Morgan fingerprint density at radius 2 is 1.96 bits per heavy atom. The van der Waals surface area contributed by atoms with E-state index < -0.39 is 15.6 Å². The molecular weight excluding hydrogens is 338 g/mol. The summed E-state index contributed by atoms with van der Waals surface area (Å²) in [4.78, 5) is 4.36. The van der Waals surface area contributed by atoms with Crippen LogP contribution in [0.25, 0.3) is 11.0 Å². The molecule has 9 heteroatoms. The van der Waals surface area contributed by atoms with Gasteiger partial charge in [0.25, 0.3) is 0 Å². The van der Waals surface area contributed by atoms with Crippen LogP contribution in [0.3, 0.4) is 0 Å². The summed E-state index contributed by atoms with van der Waals surface area (Å²) in [6.07, 6.45) is 2.61. The summed E-state index contributed by atoms with van der Waals surface area (Å²) in [7, 11) is -1.90. The minimum Gasteiger partial charge on any atom is -0.329 e. The first-order chi connectivity index (χ1) is 10.3. The molecular formula is C14H24ClN5O2S. The normalized spacial score (nSPS) is 12.4. The van der Waals surface area contributed by atoms with Crippen LogP contribution in [-0.4, -0.2) is 35.3 Å². The van der Waals surface area contributed by atoms with Crippen molar-refractivity contribution in [2.24, 2.45) is 12.8 Å². The molecule has 0 aliphatic rings. The van der Waals surface area contributed by atoms with Crippen LogP contribution in [0, 0.1) is 6.92 Å². The SMILES string of the molecule is CCC(CC)(CN)NS(=O)(=O)c1cnc2c(c1)c(C)nn2C.Cl. The summed E-state index contributed by atoms with van der Waals surface area (Å²) in [6, 6.07) is 1.61. The summed E-state index contributed by atoms with van der Waals surface area (Å²) >= 11 is 0. The number of nitrogens with zero attached hydrogens (tertiary/aromatic N) is 3. The smallest absolute Gasteiger partial charge is 0.242 e. The van der Waals surface area contributed by atoms with E-state index in [0.717, 1.165) is 11.1 Å². The lowest BCUT2D eigenvalue weighted by atomic mass is 9.95. The van der Waals surface area contributed by atoms with Gasteiger partial charge >= 0.3 is 0 Å². The number of rotatable bonds is 6. The Morgan fingerprint density at radius 3 is 2.48 bits per heavy atom. The number of aromatic nitrogens is 3. The molecule has 2 aromatic heterocycles. The van der Waals surface area contributed by atoms with Gasteiger partial charge in [0, 0.05) is 30.7 Å². The van der Waals surface area contributed by atoms with Crippen LogP contribution in [0.5, 0.6) is 0 Å². The molecule has 0 unspecified atom stereocenters. The van der Waals surface area contributed by atoms with Crippen molar-refractivity contribution < 1.29 is 8.42 Å². The summed E-state index contributed by atoms with van der Waals surface area (Å²) in [5, 5.41) is 4.99. The maximum Gasteiger partial charge on any atom is 0.242 e. The first-order valence-corrected chi connectivity index (χ1v) is 8.80. The summed E-state index contributed by atoms with van der Waals surface area (Å²) < 4.78 is 29.7. The van der Waals surface area contributed by atoms with E-state index >= 15 is 0 Å². The van der Waals surface area contributed by atoms with Gasteiger partial charge in [0.2, 0.25) is 10.0 Å². The molecule has 23 heavy (non-hydrogen) atoms. The van der Waals surface area contributed by atoms with Gasteiger partial charge in [-0.1, -0.05) is 13.8 Å². The van der Waals surface area contributed by atoms with Crippen LogP contribution in [0.15, 0.2) is 17.2 Å². The molecule has 130 valence electrons. The summed E-state index contributed by atoms with van der Waals surface area (Å²) in [5.74, 6) is 0. The van der Waals surface area contributed by atoms with Gasteiger partial charge in [-0.15, -0.1) is 12.4 Å². The fourth-order valence-electron chi connectivity index (χ4n) is 2.50. The molecule has 0 aliphatic heterocycles. The van der Waals surface area contributed by atoms with Crippen molar-refractivity contribution in [3.05, 3.63) is 18.0 Å². The van der Waals surface area contributed by atoms with E-state index in [-0.39, 0.29) is 23.8 Å². The van der Waals surface area contributed by atoms with Crippen LogP contribution in [-0.2, 0) is 17.1 Å². The lowest BCUT2D eigenvalue weighted by Crippen LogP contribution is -2.52. The van der Waals surface area contributed by atoms with Crippen molar-refractivity contribution in [1.82, 2.24) is 19.5 Å². The fourth-order valence-corrected chi connectivity index (χ4v) is 4.03. The van der Waals surface area contributed by atoms with Gasteiger partial charge in [-0.3, -0.25) is 4.68 Å². The number of sulfonamides is 1. The minimum atomic E-state index is -3.68. The molecule has 0 spiro atoms. The average Bonchev–Trinajstić information content (AvgIpc) is 2.79. The number of aryl methyl sites for hydroxylation is 2. The Bertz CT molecular complexity index is 776. The predicted octanol–water partition coefficient (Wildman–Crippen LogP) is 1.49. The number of pyridine rings is 1. The van der Waals surface area contributed by atoms with Crippen LogP contribution in [0.2, 0.25) is 0 Å². The number of hydrogen-bond acceptors (Lipinski definition) is 5. The molecule has 7 nitrogen and oxygen atoms in total. The molecule has 0 aliphatic carbocycles. The highest BCUT2D eigenvalue weighted by Gasteiger charge is 2.31. The molecule has 0 saturated carbocycles. The molecule has 2 rings (SSSR count). The predicted molar refractivity (Wildman–Crippen MR) is 93.2 cm³/mol. The highest BCUT2D eigenvalue weighted by Crippen LogP contribution is 2.22. The highest BCUT2D eigenvalue weighted by molar-refractivity contribution is 7.89. The van der Waals surface area contributed by atoms with Crippen molar-refractivity contribution >= 4 is 33.5 Å². The van der Waals surface area contributed by atoms with Crippen molar-refractivity contribution in [3.8, 4) is 0 Å². The van der Waals surface area contributed by atoms with Gasteiger partial charge < -0.3 is 5.73 Å². The van der Waals surface area contributed by atoms with E-state index in [2.05, 4.69) is 14.8 Å². The number of nitrogens with one attached hydrogen (secondary N) is 1. The van der Waals surface area contributed by atoms with Gasteiger partial charge in [-0.05, 0) is 25.8 Å². The van der Waals surface area contributed by atoms with E-state index in [0.29, 0.717) is 18.5 Å². The number of nitrogens with two attached hydrogens (primary N) is 1. The topological polar surface area (TPSA) is 103 Å². The van der Waals surface area contributed by atoms with Crippen LogP contribution >= 0.6 is 12.4 Å². The third-order valence-corrected chi connectivity index (χ3v) is 5.79. The number of fused-ring (bicyclic) bond motifs is 1. The second kappa shape index (κ2) is 7.12. The van der Waals surface area contributed by atoms with Crippen molar-refractivity contribution in [2.75, 3.05) is 6.54 Å². The van der Waals surface area contributed by atoms with E-state index in [1.165, 1.54) is 6.20 Å². The Balaban J connectivity index is 0.00000264. The maximum absolute atomic E-state index is 12.7. The van der Waals surface area contributed by atoms with Crippen LogP contribution in [0.4, 0.5) is 0 Å². The van der Waals surface area contributed by atoms with Gasteiger partial charge in [0.05, 0.1) is 5.69 Å². The average molecular weight is 362 g/mol. The largest absolute Gasteiger partial charge is 0.329 e. The Hall–Kier alpha value is -1.22. The third kappa shape index (κ3) is 3.65. The van der Waals surface area contributed by atoms with Crippen LogP contribution in [0.1, 0.15) is 32.4 Å². The Labute approximate surface area is 143 Å². The van der Waals surface area contributed by atoms with Gasteiger partial charge in [-0.2, -0.15) is 5.10 Å². The molecule has 0 fully saturated rings. The first-order valence-electron chi connectivity index (χ1n) is 7.32. The zero-order valence-corrected chi connectivity index (χ0v) is 15.5. The van der Waals surface area contributed by atoms with E-state index in [4.69, 9.17) is 5.73 Å². The van der Waals surface area contributed by atoms with Crippen molar-refractivity contribution in [1.29, 1.82) is 0 Å². The van der Waals surface area contributed by atoms with Gasteiger partial charge in [0.15, 0.2) is 5.65 Å². The third-order valence-electron chi connectivity index (χ3n) is 4.24. The second-order valence-corrected chi connectivity index (χ2v) is 7.23. The molecule has 0 saturated heterocycles. The summed E-state index contributed by atoms with van der Waals surface area (Å²) in [6.45, 7) is 5.92. The summed E-state index contributed by atoms with van der Waals surface area (Å²) in [5.41, 5.74) is 6.56. The van der Waals surface area contributed by atoms with Gasteiger partial charge in [-0.25, -0.2) is 18.1 Å². The first kappa shape index (κ1) is 19.8. The molecule has 2 heterocycles. The monoisotopic (exact) mass is 361 g/mol. The second-order valence-electron chi connectivity index (χ2n) is 5.55.